The van der Waals surface area contributed by atoms with Crippen LogP contribution in [0.15, 0.2) is 24.3 Å². The highest BCUT2D eigenvalue weighted by molar-refractivity contribution is 8.00. The maximum absolute atomic E-state index is 9.02. The fraction of sp³-hybridized carbons (Fsp3) is 0.571. The minimum absolute atomic E-state index is 0.480. The molecule has 1 aliphatic heterocycles. The summed E-state index contributed by atoms with van der Waals surface area (Å²) >= 11 is 2.05. The van der Waals surface area contributed by atoms with E-state index in [4.69, 9.17) is 14.8 Å². The summed E-state index contributed by atoms with van der Waals surface area (Å²) in [6.07, 6.45) is 0. The molecule has 0 spiro atoms. The molecule has 20 heavy (non-hydrogen) atoms. The number of ether oxygens (including phenoxy) is 1. The Morgan fingerprint density at radius 2 is 1.80 bits per heavy atom. The standard InChI is InChI=1S/C14H22BNO3S/c1-11-9-16(10-12(2)20-11)7-8-19-14-5-3-13(4-6-14)15(17)18/h3-6,11-12,17-18H,7-10H2,1-2H3. The third-order valence-electron chi connectivity index (χ3n) is 3.35. The van der Waals surface area contributed by atoms with E-state index in [2.05, 4.69) is 18.7 Å². The summed E-state index contributed by atoms with van der Waals surface area (Å²) in [5.41, 5.74) is 0.480. The second-order valence-corrected chi connectivity index (χ2v) is 7.19. The Hall–Kier alpha value is -0.685. The molecule has 2 atom stereocenters. The highest BCUT2D eigenvalue weighted by atomic mass is 32.2. The minimum Gasteiger partial charge on any atom is -0.492 e. The van der Waals surface area contributed by atoms with Gasteiger partial charge < -0.3 is 14.8 Å². The van der Waals surface area contributed by atoms with E-state index in [9.17, 15) is 0 Å². The molecule has 1 aromatic carbocycles. The van der Waals surface area contributed by atoms with Crippen molar-refractivity contribution in [3.8, 4) is 5.75 Å². The molecule has 2 unspecified atom stereocenters. The van der Waals surface area contributed by atoms with Gasteiger partial charge in [0, 0.05) is 30.1 Å². The maximum atomic E-state index is 9.02. The van der Waals surface area contributed by atoms with Gasteiger partial charge in [-0.3, -0.25) is 4.90 Å². The quantitative estimate of drug-likeness (QED) is 0.778. The Kier molecular flexibility index (Phi) is 5.78. The summed E-state index contributed by atoms with van der Waals surface area (Å²) in [7, 11) is -1.42. The lowest BCUT2D eigenvalue weighted by atomic mass is 9.80. The Labute approximate surface area is 125 Å². The molecular weight excluding hydrogens is 273 g/mol. The first-order chi connectivity index (χ1) is 9.54. The fourth-order valence-corrected chi connectivity index (χ4v) is 3.88. The van der Waals surface area contributed by atoms with E-state index in [0.29, 0.717) is 22.6 Å². The molecule has 0 aromatic heterocycles. The average Bonchev–Trinajstić information content (AvgIpc) is 2.38. The molecule has 110 valence electrons. The highest BCUT2D eigenvalue weighted by Gasteiger charge is 2.21. The van der Waals surface area contributed by atoms with Crippen LogP contribution in [0.4, 0.5) is 0 Å². The third-order valence-corrected chi connectivity index (χ3v) is 4.58. The largest absolute Gasteiger partial charge is 0.492 e. The van der Waals surface area contributed by atoms with Crippen LogP contribution in [0.1, 0.15) is 13.8 Å². The first-order valence-corrected chi connectivity index (χ1v) is 7.95. The van der Waals surface area contributed by atoms with Crippen molar-refractivity contribution in [2.45, 2.75) is 24.3 Å². The van der Waals surface area contributed by atoms with Gasteiger partial charge in [-0.25, -0.2) is 0 Å². The molecule has 0 bridgehead atoms. The molecule has 0 aliphatic carbocycles. The number of hydrogen-bond acceptors (Lipinski definition) is 5. The van der Waals surface area contributed by atoms with Crippen LogP contribution in [-0.2, 0) is 0 Å². The highest BCUT2D eigenvalue weighted by Crippen LogP contribution is 2.24. The molecule has 1 heterocycles. The van der Waals surface area contributed by atoms with Crippen LogP contribution >= 0.6 is 11.8 Å². The van der Waals surface area contributed by atoms with Gasteiger partial charge in [-0.1, -0.05) is 26.0 Å². The Balaban J connectivity index is 1.75. The zero-order valence-electron chi connectivity index (χ0n) is 12.0. The molecule has 1 aliphatic rings. The van der Waals surface area contributed by atoms with Gasteiger partial charge in [0.2, 0.25) is 0 Å². The molecule has 2 rings (SSSR count). The van der Waals surface area contributed by atoms with E-state index in [1.807, 2.05) is 11.8 Å². The molecule has 1 aromatic rings. The van der Waals surface area contributed by atoms with Gasteiger partial charge in [0.05, 0.1) is 0 Å². The summed E-state index contributed by atoms with van der Waals surface area (Å²) in [5.74, 6) is 0.766. The predicted octanol–water partition coefficient (Wildman–Crippen LogP) is 0.571. The van der Waals surface area contributed by atoms with Gasteiger partial charge in [0.1, 0.15) is 12.4 Å². The fourth-order valence-electron chi connectivity index (χ4n) is 2.50. The number of benzene rings is 1. The maximum Gasteiger partial charge on any atom is 0.488 e. The minimum atomic E-state index is -1.42. The van der Waals surface area contributed by atoms with Crippen molar-refractivity contribution in [2.24, 2.45) is 0 Å². The second-order valence-electron chi connectivity index (χ2n) is 5.31. The van der Waals surface area contributed by atoms with Crippen molar-refractivity contribution in [1.29, 1.82) is 0 Å². The zero-order valence-corrected chi connectivity index (χ0v) is 12.8. The monoisotopic (exact) mass is 295 g/mol. The van der Waals surface area contributed by atoms with Crippen molar-refractivity contribution >= 4 is 24.3 Å². The third kappa shape index (κ3) is 4.70. The molecule has 1 saturated heterocycles. The van der Waals surface area contributed by atoms with Crippen LogP contribution in [0.25, 0.3) is 0 Å². The smallest absolute Gasteiger partial charge is 0.488 e. The zero-order chi connectivity index (χ0) is 14.5. The topological polar surface area (TPSA) is 52.9 Å². The van der Waals surface area contributed by atoms with Crippen LogP contribution in [0.5, 0.6) is 5.75 Å². The van der Waals surface area contributed by atoms with E-state index in [1.165, 1.54) is 0 Å². The van der Waals surface area contributed by atoms with Gasteiger partial charge in [-0.15, -0.1) is 0 Å². The van der Waals surface area contributed by atoms with Crippen LogP contribution in [0.2, 0.25) is 0 Å². The second kappa shape index (κ2) is 7.36. The van der Waals surface area contributed by atoms with Gasteiger partial charge >= 0.3 is 7.12 Å². The molecular formula is C14H22BNO3S. The summed E-state index contributed by atoms with van der Waals surface area (Å²) in [4.78, 5) is 2.44. The summed E-state index contributed by atoms with van der Waals surface area (Å²) < 4.78 is 5.70. The molecule has 0 saturated carbocycles. The first-order valence-electron chi connectivity index (χ1n) is 7.01. The van der Waals surface area contributed by atoms with E-state index in [0.717, 1.165) is 25.4 Å². The van der Waals surface area contributed by atoms with Crippen LogP contribution in [0, 0.1) is 0 Å². The van der Waals surface area contributed by atoms with Crippen LogP contribution in [-0.4, -0.2) is 58.8 Å². The van der Waals surface area contributed by atoms with Crippen LogP contribution in [0.3, 0.4) is 0 Å². The number of rotatable bonds is 5. The Bertz CT molecular complexity index is 405. The molecule has 4 nitrogen and oxygen atoms in total. The number of hydrogen-bond donors (Lipinski definition) is 2. The van der Waals surface area contributed by atoms with Crippen molar-refractivity contribution in [3.05, 3.63) is 24.3 Å². The lowest BCUT2D eigenvalue weighted by molar-refractivity contribution is 0.207. The molecule has 2 N–H and O–H groups in total. The Morgan fingerprint density at radius 3 is 2.35 bits per heavy atom. The SMILES string of the molecule is CC1CN(CCOc2ccc(B(O)O)cc2)CC(C)S1. The average molecular weight is 295 g/mol. The van der Waals surface area contributed by atoms with Crippen LogP contribution < -0.4 is 10.2 Å². The van der Waals surface area contributed by atoms with E-state index in [-0.39, 0.29) is 0 Å². The number of nitrogens with zero attached hydrogens (tertiary/aromatic N) is 1. The lowest BCUT2D eigenvalue weighted by Crippen LogP contribution is -2.42. The predicted molar refractivity (Wildman–Crippen MR) is 84.7 cm³/mol. The van der Waals surface area contributed by atoms with Crippen molar-refractivity contribution in [2.75, 3.05) is 26.2 Å². The molecule has 6 heteroatoms. The van der Waals surface area contributed by atoms with Gasteiger partial charge in [-0.2, -0.15) is 11.8 Å². The summed E-state index contributed by atoms with van der Waals surface area (Å²) in [5, 5.41) is 19.4. The van der Waals surface area contributed by atoms with E-state index in [1.54, 1.807) is 24.3 Å². The lowest BCUT2D eigenvalue weighted by Gasteiger charge is -2.34. The van der Waals surface area contributed by atoms with Crippen molar-refractivity contribution in [1.82, 2.24) is 4.90 Å². The number of thioether (sulfide) groups is 1. The van der Waals surface area contributed by atoms with E-state index < -0.39 is 7.12 Å². The molecule has 0 amide bonds. The molecule has 0 radical (unpaired) electrons. The molecule has 1 fully saturated rings. The summed E-state index contributed by atoms with van der Waals surface area (Å²) in [6.45, 7) is 8.37. The first kappa shape index (κ1) is 15.7. The van der Waals surface area contributed by atoms with Gasteiger partial charge in [-0.05, 0) is 17.6 Å². The van der Waals surface area contributed by atoms with Gasteiger partial charge in [0.25, 0.3) is 0 Å². The summed E-state index contributed by atoms with van der Waals surface area (Å²) in [6, 6.07) is 6.88. The van der Waals surface area contributed by atoms with E-state index >= 15 is 0 Å². The normalized spacial score (nSPS) is 23.6. The van der Waals surface area contributed by atoms with Crippen molar-refractivity contribution in [3.63, 3.8) is 0 Å². The van der Waals surface area contributed by atoms with Gasteiger partial charge in [0.15, 0.2) is 0 Å². The Morgan fingerprint density at radius 1 is 1.20 bits per heavy atom. The van der Waals surface area contributed by atoms with Crippen molar-refractivity contribution < 1.29 is 14.8 Å².